The van der Waals surface area contributed by atoms with E-state index in [2.05, 4.69) is 0 Å². The SMILES string of the molecule is COc1ccc(COC(=O)[C@H]2CC(=O)N(c3ccccc3F)C2)cc1F. The summed E-state index contributed by atoms with van der Waals surface area (Å²) in [5.41, 5.74) is 0.608. The summed E-state index contributed by atoms with van der Waals surface area (Å²) in [5, 5.41) is 0. The third-order valence-corrected chi connectivity index (χ3v) is 4.20. The van der Waals surface area contributed by atoms with Gasteiger partial charge >= 0.3 is 5.97 Å². The fourth-order valence-corrected chi connectivity index (χ4v) is 2.84. The Morgan fingerprint density at radius 2 is 1.96 bits per heavy atom. The van der Waals surface area contributed by atoms with Crippen molar-refractivity contribution in [3.05, 3.63) is 59.7 Å². The van der Waals surface area contributed by atoms with Crippen LogP contribution in [0.5, 0.6) is 5.75 Å². The Morgan fingerprint density at radius 3 is 2.65 bits per heavy atom. The summed E-state index contributed by atoms with van der Waals surface area (Å²) in [6.07, 6.45) is -0.0514. The summed E-state index contributed by atoms with van der Waals surface area (Å²) < 4.78 is 37.5. The predicted octanol–water partition coefficient (Wildman–Crippen LogP) is 3.07. The highest BCUT2D eigenvalue weighted by molar-refractivity contribution is 5.99. The van der Waals surface area contributed by atoms with Crippen LogP contribution >= 0.6 is 0 Å². The molecule has 0 spiro atoms. The van der Waals surface area contributed by atoms with Crippen LogP contribution < -0.4 is 9.64 Å². The number of hydrogen-bond acceptors (Lipinski definition) is 4. The van der Waals surface area contributed by atoms with Crippen LogP contribution in [0.3, 0.4) is 0 Å². The highest BCUT2D eigenvalue weighted by atomic mass is 19.1. The molecule has 1 aliphatic rings. The minimum absolute atomic E-state index is 0.0512. The Balaban J connectivity index is 1.62. The lowest BCUT2D eigenvalue weighted by Gasteiger charge is -2.17. The Kier molecular flexibility index (Phi) is 5.16. The Morgan fingerprint density at radius 1 is 1.19 bits per heavy atom. The van der Waals surface area contributed by atoms with Crippen LogP contribution in [-0.4, -0.2) is 25.5 Å². The van der Waals surface area contributed by atoms with Crippen molar-refractivity contribution in [3.63, 3.8) is 0 Å². The normalized spacial score (nSPS) is 16.7. The van der Waals surface area contributed by atoms with Crippen LogP contribution in [0.2, 0.25) is 0 Å². The minimum Gasteiger partial charge on any atom is -0.494 e. The van der Waals surface area contributed by atoms with Gasteiger partial charge in [-0.2, -0.15) is 0 Å². The van der Waals surface area contributed by atoms with Crippen molar-refractivity contribution in [2.45, 2.75) is 13.0 Å². The smallest absolute Gasteiger partial charge is 0.311 e. The fourth-order valence-electron chi connectivity index (χ4n) is 2.84. The van der Waals surface area contributed by atoms with Gasteiger partial charge in [0, 0.05) is 13.0 Å². The number of benzene rings is 2. The first kappa shape index (κ1) is 17.8. The average molecular weight is 361 g/mol. The highest BCUT2D eigenvalue weighted by Crippen LogP contribution is 2.28. The zero-order chi connectivity index (χ0) is 18.7. The second kappa shape index (κ2) is 7.51. The van der Waals surface area contributed by atoms with Gasteiger partial charge in [0.25, 0.3) is 0 Å². The molecule has 1 heterocycles. The molecule has 26 heavy (non-hydrogen) atoms. The van der Waals surface area contributed by atoms with Gasteiger partial charge in [-0.05, 0) is 29.8 Å². The lowest BCUT2D eigenvalue weighted by atomic mass is 10.1. The lowest BCUT2D eigenvalue weighted by Crippen LogP contribution is -2.27. The molecule has 1 atom stereocenters. The molecule has 1 fully saturated rings. The van der Waals surface area contributed by atoms with E-state index in [9.17, 15) is 18.4 Å². The maximum absolute atomic E-state index is 13.9. The van der Waals surface area contributed by atoms with Crippen LogP contribution in [-0.2, 0) is 20.9 Å². The Labute approximate surface area is 149 Å². The molecular formula is C19H17F2NO4. The van der Waals surface area contributed by atoms with Gasteiger partial charge in [0.2, 0.25) is 5.91 Å². The summed E-state index contributed by atoms with van der Waals surface area (Å²) in [7, 11) is 1.36. The number of nitrogens with zero attached hydrogens (tertiary/aromatic N) is 1. The van der Waals surface area contributed by atoms with Gasteiger partial charge in [-0.1, -0.05) is 18.2 Å². The van der Waals surface area contributed by atoms with E-state index in [1.54, 1.807) is 12.1 Å². The van der Waals surface area contributed by atoms with E-state index >= 15 is 0 Å². The molecule has 7 heteroatoms. The molecule has 0 radical (unpaired) electrons. The molecule has 0 bridgehead atoms. The second-order valence-corrected chi connectivity index (χ2v) is 5.93. The summed E-state index contributed by atoms with van der Waals surface area (Å²) in [6, 6.07) is 10.1. The summed E-state index contributed by atoms with van der Waals surface area (Å²) >= 11 is 0. The predicted molar refractivity (Wildman–Crippen MR) is 89.6 cm³/mol. The first-order valence-corrected chi connectivity index (χ1v) is 8.03. The molecule has 0 aliphatic carbocycles. The van der Waals surface area contributed by atoms with Gasteiger partial charge < -0.3 is 14.4 Å². The van der Waals surface area contributed by atoms with Crippen LogP contribution in [0, 0.1) is 17.6 Å². The van der Waals surface area contributed by atoms with Crippen molar-refractivity contribution in [2.24, 2.45) is 5.92 Å². The van der Waals surface area contributed by atoms with E-state index in [1.807, 2.05) is 0 Å². The van der Waals surface area contributed by atoms with Gasteiger partial charge in [0.1, 0.15) is 12.4 Å². The van der Waals surface area contributed by atoms with Crippen molar-refractivity contribution in [1.82, 2.24) is 0 Å². The number of methoxy groups -OCH3 is 1. The van der Waals surface area contributed by atoms with E-state index in [0.717, 1.165) is 0 Å². The molecular weight excluding hydrogens is 344 g/mol. The Bertz CT molecular complexity index is 840. The first-order chi connectivity index (χ1) is 12.5. The molecule has 1 saturated heterocycles. The number of para-hydroxylation sites is 1. The van der Waals surface area contributed by atoms with Crippen molar-refractivity contribution >= 4 is 17.6 Å². The number of hydrogen-bond donors (Lipinski definition) is 0. The first-order valence-electron chi connectivity index (χ1n) is 8.03. The van der Waals surface area contributed by atoms with Gasteiger partial charge in [-0.15, -0.1) is 0 Å². The lowest BCUT2D eigenvalue weighted by molar-refractivity contribution is -0.149. The number of anilines is 1. The van der Waals surface area contributed by atoms with E-state index < -0.39 is 23.5 Å². The quantitative estimate of drug-likeness (QED) is 0.768. The molecule has 136 valence electrons. The summed E-state index contributed by atoms with van der Waals surface area (Å²) in [6.45, 7) is -0.0697. The highest BCUT2D eigenvalue weighted by Gasteiger charge is 2.37. The van der Waals surface area contributed by atoms with E-state index in [1.165, 1.54) is 42.3 Å². The molecule has 1 aliphatic heterocycles. The largest absolute Gasteiger partial charge is 0.494 e. The number of ether oxygens (including phenoxy) is 2. The monoisotopic (exact) mass is 361 g/mol. The molecule has 0 unspecified atom stereocenters. The second-order valence-electron chi connectivity index (χ2n) is 5.93. The number of carbonyl (C=O) groups is 2. The van der Waals surface area contributed by atoms with Gasteiger partial charge in [0.15, 0.2) is 11.6 Å². The molecule has 0 saturated carbocycles. The van der Waals surface area contributed by atoms with Crippen molar-refractivity contribution < 1.29 is 27.8 Å². The molecule has 5 nitrogen and oxygen atoms in total. The Hall–Kier alpha value is -2.96. The number of esters is 1. The van der Waals surface area contributed by atoms with E-state index in [0.29, 0.717) is 5.56 Å². The van der Waals surface area contributed by atoms with Crippen molar-refractivity contribution in [1.29, 1.82) is 0 Å². The maximum Gasteiger partial charge on any atom is 0.311 e. The van der Waals surface area contributed by atoms with Gasteiger partial charge in [0.05, 0.1) is 18.7 Å². The van der Waals surface area contributed by atoms with Crippen LogP contribution in [0.4, 0.5) is 14.5 Å². The van der Waals surface area contributed by atoms with Crippen molar-refractivity contribution in [3.8, 4) is 5.75 Å². The molecule has 0 aromatic heterocycles. The van der Waals surface area contributed by atoms with Gasteiger partial charge in [-0.25, -0.2) is 8.78 Å². The van der Waals surface area contributed by atoms with E-state index in [-0.39, 0.29) is 36.9 Å². The molecule has 2 aromatic carbocycles. The standard InChI is InChI=1S/C19H17F2NO4/c1-25-17-7-6-12(8-15(17)21)11-26-19(24)13-9-18(23)22(10-13)16-5-3-2-4-14(16)20/h2-8,13H,9-11H2,1H3/t13-/m0/s1. The molecule has 1 amide bonds. The molecule has 3 rings (SSSR count). The third-order valence-electron chi connectivity index (χ3n) is 4.20. The zero-order valence-electron chi connectivity index (χ0n) is 14.1. The third kappa shape index (κ3) is 3.66. The number of halogens is 2. The summed E-state index contributed by atoms with van der Waals surface area (Å²) in [4.78, 5) is 25.6. The maximum atomic E-state index is 13.9. The molecule has 2 aromatic rings. The van der Waals surface area contributed by atoms with E-state index in [4.69, 9.17) is 9.47 Å². The summed E-state index contributed by atoms with van der Waals surface area (Å²) in [5.74, 6) is -2.58. The van der Waals surface area contributed by atoms with Crippen LogP contribution in [0.1, 0.15) is 12.0 Å². The number of carbonyl (C=O) groups excluding carboxylic acids is 2. The van der Waals surface area contributed by atoms with Crippen LogP contribution in [0.25, 0.3) is 0 Å². The van der Waals surface area contributed by atoms with Crippen molar-refractivity contribution in [2.75, 3.05) is 18.6 Å². The topological polar surface area (TPSA) is 55.8 Å². The zero-order valence-corrected chi connectivity index (χ0v) is 14.1. The number of amides is 1. The van der Waals surface area contributed by atoms with Crippen LogP contribution in [0.15, 0.2) is 42.5 Å². The van der Waals surface area contributed by atoms with Gasteiger partial charge in [-0.3, -0.25) is 9.59 Å². The minimum atomic E-state index is -0.690. The number of rotatable bonds is 5. The average Bonchev–Trinajstić information content (AvgIpc) is 3.02. The molecule has 0 N–H and O–H groups in total. The fraction of sp³-hybridized carbons (Fsp3) is 0.263.